The molecule has 0 heterocycles. The number of methoxy groups -OCH3 is 1. The number of carbonyl (C=O) groups excluding carboxylic acids is 1. The summed E-state index contributed by atoms with van der Waals surface area (Å²) in [6.07, 6.45) is 5.03. The summed E-state index contributed by atoms with van der Waals surface area (Å²) in [4.78, 5) is 11.8. The third-order valence-corrected chi connectivity index (χ3v) is 3.54. The monoisotopic (exact) mass is 233 g/mol. The molecule has 1 aromatic rings. The highest BCUT2D eigenvalue weighted by Gasteiger charge is 2.19. The molecular formula is C14H19NO2. The van der Waals surface area contributed by atoms with Crippen molar-refractivity contribution in [2.75, 3.05) is 13.7 Å². The molecule has 0 atom stereocenters. The molecule has 1 saturated carbocycles. The van der Waals surface area contributed by atoms with Crippen LogP contribution in [-0.4, -0.2) is 19.4 Å². The number of hydrogen-bond acceptors (Lipinski definition) is 3. The molecule has 1 aliphatic carbocycles. The predicted octanol–water partition coefficient (Wildman–Crippen LogP) is 2.49. The Morgan fingerprint density at radius 1 is 1.41 bits per heavy atom. The lowest BCUT2D eigenvalue weighted by atomic mass is 9.94. The van der Waals surface area contributed by atoms with E-state index in [1.54, 1.807) is 7.11 Å². The molecular weight excluding hydrogens is 214 g/mol. The van der Waals surface area contributed by atoms with E-state index in [1.165, 1.54) is 31.2 Å². The van der Waals surface area contributed by atoms with Gasteiger partial charge in [0.25, 0.3) is 0 Å². The first kappa shape index (κ1) is 12.1. The van der Waals surface area contributed by atoms with Gasteiger partial charge >= 0.3 is 0 Å². The maximum atomic E-state index is 11.8. The summed E-state index contributed by atoms with van der Waals surface area (Å²) >= 11 is 0. The van der Waals surface area contributed by atoms with E-state index < -0.39 is 0 Å². The topological polar surface area (TPSA) is 52.3 Å². The Hall–Kier alpha value is -1.35. The minimum absolute atomic E-state index is 0.0322. The van der Waals surface area contributed by atoms with Gasteiger partial charge in [-0.3, -0.25) is 4.79 Å². The Kier molecular flexibility index (Phi) is 3.79. The van der Waals surface area contributed by atoms with Gasteiger partial charge in [-0.1, -0.05) is 18.9 Å². The van der Waals surface area contributed by atoms with Crippen molar-refractivity contribution < 1.29 is 9.53 Å². The predicted molar refractivity (Wildman–Crippen MR) is 67.6 cm³/mol. The molecule has 0 radical (unpaired) electrons. The van der Waals surface area contributed by atoms with Crippen LogP contribution >= 0.6 is 0 Å². The molecule has 2 rings (SSSR count). The van der Waals surface area contributed by atoms with Crippen LogP contribution in [-0.2, 0) is 0 Å². The van der Waals surface area contributed by atoms with Gasteiger partial charge in [0.15, 0.2) is 5.78 Å². The Morgan fingerprint density at radius 3 is 2.71 bits per heavy atom. The second kappa shape index (κ2) is 5.32. The third-order valence-electron chi connectivity index (χ3n) is 3.54. The van der Waals surface area contributed by atoms with E-state index in [9.17, 15) is 4.79 Å². The van der Waals surface area contributed by atoms with E-state index in [0.717, 1.165) is 0 Å². The first-order valence-electron chi connectivity index (χ1n) is 6.17. The molecule has 0 amide bonds. The highest BCUT2D eigenvalue weighted by Crippen LogP contribution is 2.35. The summed E-state index contributed by atoms with van der Waals surface area (Å²) in [6.45, 7) is 0.0322. The zero-order valence-electron chi connectivity index (χ0n) is 10.2. The molecule has 17 heavy (non-hydrogen) atoms. The molecule has 0 spiro atoms. The molecule has 0 unspecified atom stereocenters. The van der Waals surface area contributed by atoms with Gasteiger partial charge in [0.05, 0.1) is 19.2 Å². The number of hydrogen-bond donors (Lipinski definition) is 1. The van der Waals surface area contributed by atoms with Gasteiger partial charge in [-0.05, 0) is 36.5 Å². The van der Waals surface area contributed by atoms with Crippen molar-refractivity contribution in [2.24, 2.45) is 5.73 Å². The third kappa shape index (κ3) is 2.50. The van der Waals surface area contributed by atoms with E-state index in [1.807, 2.05) is 12.1 Å². The highest BCUT2D eigenvalue weighted by atomic mass is 16.5. The number of benzene rings is 1. The lowest BCUT2D eigenvalue weighted by Gasteiger charge is -2.13. The van der Waals surface area contributed by atoms with Crippen molar-refractivity contribution in [1.29, 1.82) is 0 Å². The summed E-state index contributed by atoms with van der Waals surface area (Å²) in [7, 11) is 1.58. The smallest absolute Gasteiger partial charge is 0.180 e. The van der Waals surface area contributed by atoms with Crippen molar-refractivity contribution in [3.63, 3.8) is 0 Å². The molecule has 3 heteroatoms. The number of rotatable bonds is 4. The molecule has 0 aliphatic heterocycles. The van der Waals surface area contributed by atoms with Crippen LogP contribution in [0.1, 0.15) is 47.5 Å². The lowest BCUT2D eigenvalue weighted by Crippen LogP contribution is -2.15. The SMILES string of the molecule is COc1ccc(C2CCCC2)cc1C(=O)CN. The van der Waals surface area contributed by atoms with Gasteiger partial charge in [0.2, 0.25) is 0 Å². The van der Waals surface area contributed by atoms with Gasteiger partial charge in [-0.15, -0.1) is 0 Å². The highest BCUT2D eigenvalue weighted by molar-refractivity contribution is 6.00. The average molecular weight is 233 g/mol. The van der Waals surface area contributed by atoms with Crippen molar-refractivity contribution in [2.45, 2.75) is 31.6 Å². The van der Waals surface area contributed by atoms with Crippen molar-refractivity contribution >= 4 is 5.78 Å². The van der Waals surface area contributed by atoms with E-state index >= 15 is 0 Å². The summed E-state index contributed by atoms with van der Waals surface area (Å²) in [5.41, 5.74) is 7.30. The lowest BCUT2D eigenvalue weighted by molar-refractivity contribution is 0.0998. The van der Waals surface area contributed by atoms with Gasteiger partial charge < -0.3 is 10.5 Å². The molecule has 1 aliphatic rings. The normalized spacial score (nSPS) is 16.1. The average Bonchev–Trinajstić information content (AvgIpc) is 2.91. The molecule has 92 valence electrons. The number of ether oxygens (including phenoxy) is 1. The van der Waals surface area contributed by atoms with E-state index in [2.05, 4.69) is 6.07 Å². The molecule has 0 aromatic heterocycles. The van der Waals surface area contributed by atoms with Crippen molar-refractivity contribution in [1.82, 2.24) is 0 Å². The van der Waals surface area contributed by atoms with Crippen LogP contribution < -0.4 is 10.5 Å². The largest absolute Gasteiger partial charge is 0.496 e. The molecule has 1 fully saturated rings. The summed E-state index contributed by atoms with van der Waals surface area (Å²) in [5, 5.41) is 0. The number of nitrogens with two attached hydrogens (primary N) is 1. The van der Waals surface area contributed by atoms with Crippen molar-refractivity contribution in [3.05, 3.63) is 29.3 Å². The zero-order chi connectivity index (χ0) is 12.3. The maximum absolute atomic E-state index is 11.8. The molecule has 1 aromatic carbocycles. The second-order valence-electron chi connectivity index (χ2n) is 4.57. The first-order chi connectivity index (χ1) is 8.26. The first-order valence-corrected chi connectivity index (χ1v) is 6.17. The second-order valence-corrected chi connectivity index (χ2v) is 4.57. The Labute approximate surface area is 102 Å². The van der Waals surface area contributed by atoms with Crippen LogP contribution in [0, 0.1) is 0 Å². The van der Waals surface area contributed by atoms with Crippen LogP contribution in [0.4, 0.5) is 0 Å². The Balaban J connectivity index is 2.33. The van der Waals surface area contributed by atoms with Crippen LogP contribution in [0.5, 0.6) is 5.75 Å². The number of ketones is 1. The maximum Gasteiger partial charge on any atom is 0.180 e. The van der Waals surface area contributed by atoms with Crippen LogP contribution in [0.15, 0.2) is 18.2 Å². The Morgan fingerprint density at radius 2 is 2.12 bits per heavy atom. The van der Waals surface area contributed by atoms with Gasteiger partial charge in [-0.25, -0.2) is 0 Å². The fourth-order valence-corrected chi connectivity index (χ4v) is 2.57. The van der Waals surface area contributed by atoms with E-state index in [4.69, 9.17) is 10.5 Å². The fourth-order valence-electron chi connectivity index (χ4n) is 2.57. The van der Waals surface area contributed by atoms with E-state index in [-0.39, 0.29) is 12.3 Å². The fraction of sp³-hybridized carbons (Fsp3) is 0.500. The standard InChI is InChI=1S/C14H19NO2/c1-17-14-7-6-11(10-4-2-3-5-10)8-12(14)13(16)9-15/h6-8,10H,2-5,9,15H2,1H3. The Bertz CT molecular complexity index is 409. The van der Waals surface area contributed by atoms with Crippen molar-refractivity contribution in [3.8, 4) is 5.75 Å². The number of carbonyl (C=O) groups is 1. The molecule has 0 bridgehead atoms. The molecule has 0 saturated heterocycles. The van der Waals surface area contributed by atoms with Gasteiger partial charge in [-0.2, -0.15) is 0 Å². The van der Waals surface area contributed by atoms with E-state index in [0.29, 0.717) is 17.2 Å². The molecule has 2 N–H and O–H groups in total. The molecule has 3 nitrogen and oxygen atoms in total. The van der Waals surface area contributed by atoms with Crippen LogP contribution in [0.2, 0.25) is 0 Å². The number of Topliss-reactive ketones (excluding diaryl/α,β-unsaturated/α-hetero) is 1. The van der Waals surface area contributed by atoms with Crippen LogP contribution in [0.25, 0.3) is 0 Å². The summed E-state index contributed by atoms with van der Waals surface area (Å²) in [5.74, 6) is 1.18. The summed E-state index contributed by atoms with van der Waals surface area (Å²) in [6, 6.07) is 5.92. The van der Waals surface area contributed by atoms with Gasteiger partial charge in [0, 0.05) is 0 Å². The minimum atomic E-state index is -0.0540. The van der Waals surface area contributed by atoms with Gasteiger partial charge in [0.1, 0.15) is 5.75 Å². The quantitative estimate of drug-likeness (QED) is 0.813. The minimum Gasteiger partial charge on any atom is -0.496 e. The summed E-state index contributed by atoms with van der Waals surface area (Å²) < 4.78 is 5.21. The zero-order valence-corrected chi connectivity index (χ0v) is 10.2. The van der Waals surface area contributed by atoms with Crippen LogP contribution in [0.3, 0.4) is 0 Å².